The van der Waals surface area contributed by atoms with Crippen LogP contribution in [0.3, 0.4) is 0 Å². The van der Waals surface area contributed by atoms with Crippen molar-refractivity contribution in [3.63, 3.8) is 0 Å². The second-order valence-electron chi connectivity index (χ2n) is 6.80. The average molecular weight is 384 g/mol. The van der Waals surface area contributed by atoms with Gasteiger partial charge in [-0.2, -0.15) is 0 Å². The molecule has 1 aromatic carbocycles. The van der Waals surface area contributed by atoms with Gasteiger partial charge in [0.15, 0.2) is 0 Å². The van der Waals surface area contributed by atoms with E-state index in [0.29, 0.717) is 31.6 Å². The second kappa shape index (κ2) is 9.12. The number of hydrogen-bond donors (Lipinski definition) is 3. The van der Waals surface area contributed by atoms with Gasteiger partial charge in [-0.3, -0.25) is 19.1 Å². The van der Waals surface area contributed by atoms with E-state index in [1.807, 2.05) is 30.3 Å². The van der Waals surface area contributed by atoms with Gasteiger partial charge in [-0.1, -0.05) is 35.5 Å². The van der Waals surface area contributed by atoms with Gasteiger partial charge in [0.1, 0.15) is 12.1 Å². The van der Waals surface area contributed by atoms with Crippen LogP contribution in [0, 0.1) is 0 Å². The Labute approximate surface area is 162 Å². The number of nitrogens with one attached hydrogen (secondary N) is 3. The summed E-state index contributed by atoms with van der Waals surface area (Å²) in [4.78, 5) is 37.3. The predicted octanol–water partition coefficient (Wildman–Crippen LogP) is -0.427. The van der Waals surface area contributed by atoms with Crippen molar-refractivity contribution in [3.05, 3.63) is 47.8 Å². The summed E-state index contributed by atoms with van der Waals surface area (Å²) in [6, 6.07) is 7.96. The van der Waals surface area contributed by atoms with Crippen molar-refractivity contribution in [2.45, 2.75) is 44.8 Å². The molecule has 0 saturated carbocycles. The van der Waals surface area contributed by atoms with Crippen molar-refractivity contribution < 1.29 is 14.4 Å². The molecule has 2 bridgehead atoms. The molecule has 9 heteroatoms. The van der Waals surface area contributed by atoms with Crippen LogP contribution in [0.5, 0.6) is 0 Å². The van der Waals surface area contributed by atoms with Gasteiger partial charge in [0.2, 0.25) is 17.7 Å². The van der Waals surface area contributed by atoms with Crippen LogP contribution in [-0.2, 0) is 33.8 Å². The highest BCUT2D eigenvalue weighted by Gasteiger charge is 2.24. The summed E-state index contributed by atoms with van der Waals surface area (Å²) in [6.45, 7) is 2.40. The Morgan fingerprint density at radius 1 is 1.07 bits per heavy atom. The summed E-state index contributed by atoms with van der Waals surface area (Å²) in [5.74, 6) is -0.939. The zero-order valence-corrected chi connectivity index (χ0v) is 15.7. The van der Waals surface area contributed by atoms with E-state index in [1.165, 1.54) is 0 Å². The molecule has 148 valence electrons. The first-order valence-corrected chi connectivity index (χ1v) is 9.31. The Morgan fingerprint density at radius 2 is 1.86 bits per heavy atom. The number of amides is 3. The zero-order chi connectivity index (χ0) is 19.9. The van der Waals surface area contributed by atoms with E-state index >= 15 is 0 Å². The smallest absolute Gasteiger partial charge is 0.242 e. The molecule has 0 unspecified atom stereocenters. The van der Waals surface area contributed by atoms with Gasteiger partial charge in [-0.15, -0.1) is 5.10 Å². The third kappa shape index (κ3) is 5.38. The number of nitrogens with zero attached hydrogens (tertiary/aromatic N) is 3. The molecule has 3 amide bonds. The maximum Gasteiger partial charge on any atom is 0.242 e. The van der Waals surface area contributed by atoms with Crippen LogP contribution in [0.4, 0.5) is 0 Å². The minimum absolute atomic E-state index is 0.209. The molecule has 9 nitrogen and oxygen atoms in total. The van der Waals surface area contributed by atoms with Crippen molar-refractivity contribution in [1.29, 1.82) is 0 Å². The van der Waals surface area contributed by atoms with E-state index in [0.717, 1.165) is 5.56 Å². The molecule has 0 spiro atoms. The molecule has 0 radical (unpaired) electrons. The van der Waals surface area contributed by atoms with Crippen LogP contribution in [0.1, 0.15) is 24.6 Å². The Kier molecular flexibility index (Phi) is 6.36. The minimum atomic E-state index is -0.751. The zero-order valence-electron chi connectivity index (χ0n) is 15.7. The molecule has 28 heavy (non-hydrogen) atoms. The molecular formula is C19H24N6O3. The van der Waals surface area contributed by atoms with Crippen LogP contribution in [-0.4, -0.2) is 51.3 Å². The van der Waals surface area contributed by atoms with E-state index in [1.54, 1.807) is 17.8 Å². The first-order valence-electron chi connectivity index (χ1n) is 9.31. The number of carbonyl (C=O) groups excluding carboxylic acids is 3. The highest BCUT2D eigenvalue weighted by molar-refractivity contribution is 5.92. The number of aryl methyl sites for hydroxylation is 1. The molecule has 2 heterocycles. The number of carbonyl (C=O) groups is 3. The van der Waals surface area contributed by atoms with Crippen molar-refractivity contribution >= 4 is 17.7 Å². The molecule has 1 aliphatic rings. The lowest BCUT2D eigenvalue weighted by Gasteiger charge is -2.21. The number of fused-ring (bicyclic) bond motifs is 2. The van der Waals surface area contributed by atoms with Gasteiger partial charge in [-0.05, 0) is 12.5 Å². The Bertz CT molecular complexity index is 835. The molecule has 0 aliphatic carbocycles. The minimum Gasteiger partial charge on any atom is -0.352 e. The highest BCUT2D eigenvalue weighted by atomic mass is 16.2. The maximum absolute atomic E-state index is 12.7. The predicted molar refractivity (Wildman–Crippen MR) is 101 cm³/mol. The summed E-state index contributed by atoms with van der Waals surface area (Å²) in [6.07, 6.45) is 2.75. The quantitative estimate of drug-likeness (QED) is 0.650. The Morgan fingerprint density at radius 3 is 2.64 bits per heavy atom. The van der Waals surface area contributed by atoms with Gasteiger partial charge in [0.25, 0.3) is 0 Å². The van der Waals surface area contributed by atoms with Crippen molar-refractivity contribution in [1.82, 2.24) is 30.9 Å². The van der Waals surface area contributed by atoms with Gasteiger partial charge in [0, 0.05) is 32.0 Å². The first kappa shape index (κ1) is 19.5. The fraction of sp³-hybridized carbons (Fsp3) is 0.421. The number of hydrogen-bond acceptors (Lipinski definition) is 5. The molecular weight excluding hydrogens is 360 g/mol. The van der Waals surface area contributed by atoms with Crippen molar-refractivity contribution in [3.8, 4) is 0 Å². The summed E-state index contributed by atoms with van der Waals surface area (Å²) in [7, 11) is 0. The van der Waals surface area contributed by atoms with E-state index in [4.69, 9.17) is 0 Å². The van der Waals surface area contributed by atoms with Crippen molar-refractivity contribution in [2.75, 3.05) is 6.54 Å². The van der Waals surface area contributed by atoms with Gasteiger partial charge < -0.3 is 16.0 Å². The van der Waals surface area contributed by atoms with E-state index in [9.17, 15) is 14.4 Å². The molecule has 0 fully saturated rings. The first-order chi connectivity index (χ1) is 13.5. The fourth-order valence-corrected chi connectivity index (χ4v) is 2.96. The molecule has 0 saturated heterocycles. The maximum atomic E-state index is 12.7. The lowest BCUT2D eigenvalue weighted by Crippen LogP contribution is -2.53. The van der Waals surface area contributed by atoms with Crippen LogP contribution in [0.15, 0.2) is 36.5 Å². The van der Waals surface area contributed by atoms with Crippen LogP contribution < -0.4 is 16.0 Å². The number of rotatable bonds is 2. The SMILES string of the molecule is C[C@@H]1NC(=O)CCc2cn(nn2)CCNC(=O)[C@H](Cc2ccccc2)NC1=O. The van der Waals surface area contributed by atoms with Crippen LogP contribution >= 0.6 is 0 Å². The average Bonchev–Trinajstić information content (AvgIpc) is 3.13. The molecule has 2 atom stereocenters. The van der Waals surface area contributed by atoms with Crippen LogP contribution in [0.25, 0.3) is 0 Å². The highest BCUT2D eigenvalue weighted by Crippen LogP contribution is 2.05. The van der Waals surface area contributed by atoms with E-state index in [2.05, 4.69) is 26.3 Å². The third-order valence-corrected chi connectivity index (χ3v) is 4.52. The molecule has 1 aliphatic heterocycles. The molecule has 1 aromatic heterocycles. The largest absolute Gasteiger partial charge is 0.352 e. The molecule has 3 rings (SSSR count). The lowest BCUT2D eigenvalue weighted by molar-refractivity contribution is -0.131. The summed E-state index contributed by atoms with van der Waals surface area (Å²) in [5.41, 5.74) is 1.62. The third-order valence-electron chi connectivity index (χ3n) is 4.52. The van der Waals surface area contributed by atoms with Crippen molar-refractivity contribution in [2.24, 2.45) is 0 Å². The van der Waals surface area contributed by atoms with Gasteiger partial charge in [-0.25, -0.2) is 0 Å². The summed E-state index contributed by atoms with van der Waals surface area (Å²) >= 11 is 0. The number of benzene rings is 1. The van der Waals surface area contributed by atoms with Crippen LogP contribution in [0.2, 0.25) is 0 Å². The number of aromatic nitrogens is 3. The van der Waals surface area contributed by atoms with Gasteiger partial charge >= 0.3 is 0 Å². The lowest BCUT2D eigenvalue weighted by atomic mass is 10.0. The standard InChI is InChI=1S/C19H24N6O3/c1-13-18(27)22-16(11-14-5-3-2-4-6-14)19(28)20-9-10-25-12-15(23-24-25)7-8-17(26)21-13/h2-6,12-13,16H,7-11H2,1H3,(H,20,28)(H,21,26)(H,22,27)/t13-,16-/m0/s1. The van der Waals surface area contributed by atoms with E-state index < -0.39 is 18.0 Å². The van der Waals surface area contributed by atoms with E-state index in [-0.39, 0.29) is 18.2 Å². The molecule has 2 aromatic rings. The normalized spacial score (nSPS) is 21.7. The Balaban J connectivity index is 1.76. The monoisotopic (exact) mass is 384 g/mol. The second-order valence-corrected chi connectivity index (χ2v) is 6.80. The Hall–Kier alpha value is -3.23. The summed E-state index contributed by atoms with van der Waals surface area (Å²) in [5, 5.41) is 16.3. The topological polar surface area (TPSA) is 118 Å². The summed E-state index contributed by atoms with van der Waals surface area (Å²) < 4.78 is 1.63. The molecule has 3 N–H and O–H groups in total. The van der Waals surface area contributed by atoms with Gasteiger partial charge in [0.05, 0.1) is 12.2 Å². The fourth-order valence-electron chi connectivity index (χ4n) is 2.96.